The number of hydrogen-bond acceptors (Lipinski definition) is 2. The van der Waals surface area contributed by atoms with Crippen molar-refractivity contribution in [2.45, 2.75) is 39.8 Å². The molecular formula is C14H24ClNO. The molecule has 0 saturated carbocycles. The maximum absolute atomic E-state index is 9.19. The Morgan fingerprint density at radius 3 is 2.24 bits per heavy atom. The monoisotopic (exact) mass is 257 g/mol. The summed E-state index contributed by atoms with van der Waals surface area (Å²) >= 11 is 0. The Labute approximate surface area is 111 Å². The van der Waals surface area contributed by atoms with Gasteiger partial charge in [-0.1, -0.05) is 51.0 Å². The van der Waals surface area contributed by atoms with Crippen LogP contribution in [0.4, 0.5) is 0 Å². The number of aliphatic hydroxyl groups is 1. The summed E-state index contributed by atoms with van der Waals surface area (Å²) in [5.41, 5.74) is 2.23. The van der Waals surface area contributed by atoms with E-state index in [1.165, 1.54) is 18.4 Å². The molecule has 2 nitrogen and oxygen atoms in total. The SMILES string of the molecule is CCC(CC)CNCc1ccccc1CO.Cl. The van der Waals surface area contributed by atoms with Crippen molar-refractivity contribution in [3.63, 3.8) is 0 Å². The standard InChI is InChI=1S/C14H23NO.ClH/c1-3-12(4-2)9-15-10-13-7-5-6-8-14(13)11-16;/h5-8,12,15-16H,3-4,9-11H2,1-2H3;1H. The summed E-state index contributed by atoms with van der Waals surface area (Å²) in [4.78, 5) is 0. The fourth-order valence-corrected chi connectivity index (χ4v) is 1.87. The average Bonchev–Trinajstić information content (AvgIpc) is 2.35. The summed E-state index contributed by atoms with van der Waals surface area (Å²) in [6.07, 6.45) is 2.45. The maximum Gasteiger partial charge on any atom is 0.0685 e. The summed E-state index contributed by atoms with van der Waals surface area (Å²) < 4.78 is 0. The van der Waals surface area contributed by atoms with Crippen LogP contribution in [0.2, 0.25) is 0 Å². The van der Waals surface area contributed by atoms with E-state index in [9.17, 15) is 5.11 Å². The Balaban J connectivity index is 0.00000256. The van der Waals surface area contributed by atoms with Gasteiger partial charge < -0.3 is 10.4 Å². The number of halogens is 1. The zero-order valence-electron chi connectivity index (χ0n) is 10.8. The van der Waals surface area contributed by atoms with Crippen LogP contribution in [0.25, 0.3) is 0 Å². The first-order valence-corrected chi connectivity index (χ1v) is 6.20. The minimum Gasteiger partial charge on any atom is -0.392 e. The molecule has 3 heteroatoms. The Bertz CT molecular complexity index is 300. The van der Waals surface area contributed by atoms with Gasteiger partial charge in [0.1, 0.15) is 0 Å². The molecule has 0 spiro atoms. The summed E-state index contributed by atoms with van der Waals surface area (Å²) in [6, 6.07) is 8.04. The van der Waals surface area contributed by atoms with Gasteiger partial charge in [0.2, 0.25) is 0 Å². The molecule has 0 atom stereocenters. The molecule has 0 aliphatic rings. The minimum atomic E-state index is 0. The quantitative estimate of drug-likeness (QED) is 0.787. The molecule has 0 bridgehead atoms. The van der Waals surface area contributed by atoms with Crippen LogP contribution in [0, 0.1) is 5.92 Å². The van der Waals surface area contributed by atoms with Gasteiger partial charge in [0, 0.05) is 6.54 Å². The molecule has 1 aromatic carbocycles. The molecule has 1 rings (SSSR count). The Hall–Kier alpha value is -0.570. The average molecular weight is 258 g/mol. The highest BCUT2D eigenvalue weighted by molar-refractivity contribution is 5.85. The molecule has 0 unspecified atom stereocenters. The first kappa shape index (κ1) is 16.4. The highest BCUT2D eigenvalue weighted by Crippen LogP contribution is 2.09. The van der Waals surface area contributed by atoms with Gasteiger partial charge in [0.25, 0.3) is 0 Å². The third kappa shape index (κ3) is 5.53. The van der Waals surface area contributed by atoms with Crippen molar-refractivity contribution in [2.75, 3.05) is 6.54 Å². The van der Waals surface area contributed by atoms with Gasteiger partial charge in [0.05, 0.1) is 6.61 Å². The lowest BCUT2D eigenvalue weighted by molar-refractivity contribution is 0.280. The number of benzene rings is 1. The summed E-state index contributed by atoms with van der Waals surface area (Å²) in [5, 5.41) is 12.7. The number of hydrogen-bond donors (Lipinski definition) is 2. The Morgan fingerprint density at radius 1 is 1.12 bits per heavy atom. The van der Waals surface area contributed by atoms with Gasteiger partial charge in [-0.2, -0.15) is 0 Å². The van der Waals surface area contributed by atoms with Crippen LogP contribution in [0.1, 0.15) is 37.8 Å². The summed E-state index contributed by atoms with van der Waals surface area (Å²) in [7, 11) is 0. The van der Waals surface area contributed by atoms with E-state index in [2.05, 4.69) is 25.2 Å². The molecule has 0 radical (unpaired) electrons. The van der Waals surface area contributed by atoms with Gasteiger partial charge in [-0.15, -0.1) is 12.4 Å². The molecule has 0 amide bonds. The second kappa shape index (κ2) is 9.46. The van der Waals surface area contributed by atoms with Crippen LogP contribution in [-0.4, -0.2) is 11.7 Å². The van der Waals surface area contributed by atoms with E-state index >= 15 is 0 Å². The van der Waals surface area contributed by atoms with Crippen LogP contribution in [0.15, 0.2) is 24.3 Å². The van der Waals surface area contributed by atoms with Crippen LogP contribution in [0.5, 0.6) is 0 Å². The Kier molecular flexibility index (Phi) is 9.14. The molecule has 2 N–H and O–H groups in total. The minimum absolute atomic E-state index is 0. The fourth-order valence-electron chi connectivity index (χ4n) is 1.87. The van der Waals surface area contributed by atoms with E-state index in [4.69, 9.17) is 0 Å². The predicted molar refractivity (Wildman–Crippen MR) is 75.4 cm³/mol. The van der Waals surface area contributed by atoms with Crippen molar-refractivity contribution in [2.24, 2.45) is 5.92 Å². The molecule has 17 heavy (non-hydrogen) atoms. The number of aliphatic hydroxyl groups excluding tert-OH is 1. The number of nitrogens with one attached hydrogen (secondary N) is 1. The fraction of sp³-hybridized carbons (Fsp3) is 0.571. The van der Waals surface area contributed by atoms with Crippen LogP contribution in [0.3, 0.4) is 0 Å². The van der Waals surface area contributed by atoms with Crippen molar-refractivity contribution in [1.29, 1.82) is 0 Å². The maximum atomic E-state index is 9.19. The van der Waals surface area contributed by atoms with Crippen molar-refractivity contribution in [3.05, 3.63) is 35.4 Å². The summed E-state index contributed by atoms with van der Waals surface area (Å²) in [6.45, 7) is 6.51. The molecule has 0 fully saturated rings. The molecular weight excluding hydrogens is 234 g/mol. The normalized spacial score (nSPS) is 10.4. The second-order valence-electron chi connectivity index (χ2n) is 4.24. The lowest BCUT2D eigenvalue weighted by atomic mass is 10.0. The van der Waals surface area contributed by atoms with Crippen LogP contribution < -0.4 is 5.32 Å². The van der Waals surface area contributed by atoms with Crippen molar-refractivity contribution >= 4 is 12.4 Å². The van der Waals surface area contributed by atoms with Gasteiger partial charge in [0.15, 0.2) is 0 Å². The topological polar surface area (TPSA) is 32.3 Å². The van der Waals surface area contributed by atoms with Crippen molar-refractivity contribution in [3.8, 4) is 0 Å². The first-order valence-electron chi connectivity index (χ1n) is 6.20. The van der Waals surface area contributed by atoms with Crippen molar-refractivity contribution in [1.82, 2.24) is 5.32 Å². The zero-order chi connectivity index (χ0) is 11.8. The lowest BCUT2D eigenvalue weighted by Crippen LogP contribution is -2.22. The van der Waals surface area contributed by atoms with E-state index in [-0.39, 0.29) is 19.0 Å². The zero-order valence-corrected chi connectivity index (χ0v) is 11.6. The highest BCUT2D eigenvalue weighted by atomic mass is 35.5. The van der Waals surface area contributed by atoms with E-state index in [0.717, 1.165) is 24.6 Å². The Morgan fingerprint density at radius 2 is 1.71 bits per heavy atom. The van der Waals surface area contributed by atoms with E-state index in [1.54, 1.807) is 0 Å². The van der Waals surface area contributed by atoms with Gasteiger partial charge in [-0.25, -0.2) is 0 Å². The second-order valence-corrected chi connectivity index (χ2v) is 4.24. The molecule has 98 valence electrons. The number of rotatable bonds is 7. The largest absolute Gasteiger partial charge is 0.392 e. The smallest absolute Gasteiger partial charge is 0.0685 e. The summed E-state index contributed by atoms with van der Waals surface area (Å²) in [5.74, 6) is 0.765. The predicted octanol–water partition coefficient (Wildman–Crippen LogP) is 3.13. The third-order valence-electron chi connectivity index (χ3n) is 3.19. The van der Waals surface area contributed by atoms with Gasteiger partial charge >= 0.3 is 0 Å². The van der Waals surface area contributed by atoms with Gasteiger partial charge in [-0.05, 0) is 23.6 Å². The first-order chi connectivity index (χ1) is 7.81. The molecule has 0 saturated heterocycles. The van der Waals surface area contributed by atoms with Gasteiger partial charge in [-0.3, -0.25) is 0 Å². The molecule has 1 aromatic rings. The van der Waals surface area contributed by atoms with E-state index in [0.29, 0.717) is 0 Å². The molecule has 0 aliphatic carbocycles. The molecule has 0 aromatic heterocycles. The van der Waals surface area contributed by atoms with Crippen molar-refractivity contribution < 1.29 is 5.11 Å². The van der Waals surface area contributed by atoms with E-state index in [1.807, 2.05) is 18.2 Å². The van der Waals surface area contributed by atoms with E-state index < -0.39 is 0 Å². The third-order valence-corrected chi connectivity index (χ3v) is 3.19. The highest BCUT2D eigenvalue weighted by Gasteiger charge is 2.04. The van der Waals surface area contributed by atoms with Crippen LogP contribution >= 0.6 is 12.4 Å². The molecule has 0 aliphatic heterocycles. The lowest BCUT2D eigenvalue weighted by Gasteiger charge is -2.14. The van der Waals surface area contributed by atoms with Crippen LogP contribution in [-0.2, 0) is 13.2 Å². The molecule has 0 heterocycles.